The largest absolute Gasteiger partial charge is 0.481 e. The van der Waals surface area contributed by atoms with Crippen LogP contribution in [0.3, 0.4) is 0 Å². The molecular formula is C15H11Br2N3O3S. The van der Waals surface area contributed by atoms with Crippen LogP contribution in [0.1, 0.15) is 22.2 Å². The van der Waals surface area contributed by atoms with E-state index in [2.05, 4.69) is 42.7 Å². The molecule has 0 spiro atoms. The summed E-state index contributed by atoms with van der Waals surface area (Å²) in [5.41, 5.74) is 5.14. The molecule has 24 heavy (non-hydrogen) atoms. The van der Waals surface area contributed by atoms with Gasteiger partial charge in [0.2, 0.25) is 0 Å². The first kappa shape index (κ1) is 18.4. The number of nitrogens with zero attached hydrogens (tertiary/aromatic N) is 1. The molecule has 1 aromatic heterocycles. The maximum absolute atomic E-state index is 12.0. The number of carbonyl (C=O) groups is 2. The van der Waals surface area contributed by atoms with Crippen molar-refractivity contribution in [3.63, 3.8) is 0 Å². The van der Waals surface area contributed by atoms with Gasteiger partial charge in [-0.15, -0.1) is 11.3 Å². The van der Waals surface area contributed by atoms with Crippen molar-refractivity contribution in [3.05, 3.63) is 49.0 Å². The molecule has 1 atom stereocenters. The summed E-state index contributed by atoms with van der Waals surface area (Å²) in [6, 6.07) is 10.0. The molecule has 6 nitrogen and oxygen atoms in total. The molecule has 0 aliphatic rings. The second-order valence-electron chi connectivity index (χ2n) is 4.57. The van der Waals surface area contributed by atoms with Crippen molar-refractivity contribution < 1.29 is 14.3 Å². The fourth-order valence-corrected chi connectivity index (χ4v) is 3.54. The van der Waals surface area contributed by atoms with Crippen molar-refractivity contribution in [1.82, 2.24) is 10.9 Å². The number of amides is 2. The zero-order valence-corrected chi connectivity index (χ0v) is 16.3. The molecule has 2 aromatic rings. The number of rotatable bonds is 4. The molecule has 2 N–H and O–H groups in total. The average molecular weight is 473 g/mol. The van der Waals surface area contributed by atoms with E-state index < -0.39 is 17.9 Å². The normalized spacial score (nSPS) is 11.2. The highest BCUT2D eigenvalue weighted by atomic mass is 79.9. The Morgan fingerprint density at radius 3 is 2.46 bits per heavy atom. The summed E-state index contributed by atoms with van der Waals surface area (Å²) in [5.74, 6) is -0.471. The molecule has 0 bridgehead atoms. The maximum atomic E-state index is 12.0. The van der Waals surface area contributed by atoms with Crippen LogP contribution in [0.15, 0.2) is 38.6 Å². The summed E-state index contributed by atoms with van der Waals surface area (Å²) in [5, 5.41) is 8.73. The number of benzene rings is 1. The Kier molecular flexibility index (Phi) is 6.36. The quantitative estimate of drug-likeness (QED) is 0.667. The lowest BCUT2D eigenvalue weighted by molar-refractivity contribution is -0.128. The molecule has 9 heteroatoms. The van der Waals surface area contributed by atoms with Crippen LogP contribution in [0.2, 0.25) is 0 Å². The summed E-state index contributed by atoms with van der Waals surface area (Å²) < 4.78 is 7.01. The van der Waals surface area contributed by atoms with E-state index in [0.29, 0.717) is 16.2 Å². The molecule has 1 aromatic carbocycles. The first-order chi connectivity index (χ1) is 11.4. The highest BCUT2D eigenvalue weighted by Gasteiger charge is 2.17. The molecule has 0 radical (unpaired) electrons. The zero-order chi connectivity index (χ0) is 17.7. The van der Waals surface area contributed by atoms with Crippen LogP contribution in [0.25, 0.3) is 0 Å². The van der Waals surface area contributed by atoms with Crippen molar-refractivity contribution in [2.75, 3.05) is 0 Å². The van der Waals surface area contributed by atoms with E-state index in [0.717, 1.165) is 8.26 Å². The van der Waals surface area contributed by atoms with E-state index in [1.165, 1.54) is 11.3 Å². The summed E-state index contributed by atoms with van der Waals surface area (Å²) >= 11 is 7.83. The number of ether oxygens (including phenoxy) is 1. The second kappa shape index (κ2) is 8.28. The topological polar surface area (TPSA) is 91.2 Å². The third kappa shape index (κ3) is 4.80. The van der Waals surface area contributed by atoms with Gasteiger partial charge in [0.15, 0.2) is 6.10 Å². The number of hydrazine groups is 1. The highest BCUT2D eigenvalue weighted by molar-refractivity contribution is 9.13. The maximum Gasteiger partial charge on any atom is 0.279 e. The minimum absolute atomic E-state index is 0.426. The third-order valence-electron chi connectivity index (χ3n) is 2.83. The number of nitriles is 1. The predicted molar refractivity (Wildman–Crippen MR) is 96.6 cm³/mol. The van der Waals surface area contributed by atoms with Gasteiger partial charge < -0.3 is 4.74 Å². The van der Waals surface area contributed by atoms with Gasteiger partial charge in [-0.2, -0.15) is 5.26 Å². The molecular weight excluding hydrogens is 462 g/mol. The Balaban J connectivity index is 1.87. The first-order valence-corrected chi connectivity index (χ1v) is 9.03. The van der Waals surface area contributed by atoms with Crippen LogP contribution in [0, 0.1) is 11.3 Å². The average Bonchev–Trinajstić information content (AvgIpc) is 2.92. The summed E-state index contributed by atoms with van der Waals surface area (Å²) in [7, 11) is 0. The fourth-order valence-electron chi connectivity index (χ4n) is 1.61. The molecule has 1 heterocycles. The van der Waals surface area contributed by atoms with Gasteiger partial charge in [-0.05, 0) is 69.1 Å². The van der Waals surface area contributed by atoms with Crippen molar-refractivity contribution in [3.8, 4) is 11.8 Å². The molecule has 0 aliphatic carbocycles. The standard InChI is InChI=1S/C15H11Br2N3O3S/c1-8(23-10-4-2-9(7-18)3-5-10)14(21)19-20-15(22)12-6-11(16)13(17)24-12/h2-6,8H,1H3,(H,19,21)(H,20,22). The van der Waals surface area contributed by atoms with Crippen LogP contribution >= 0.6 is 43.2 Å². The monoisotopic (exact) mass is 471 g/mol. The van der Waals surface area contributed by atoms with Crippen LogP contribution < -0.4 is 15.6 Å². The third-order valence-corrected chi connectivity index (χ3v) is 6.09. The van der Waals surface area contributed by atoms with E-state index in [4.69, 9.17) is 10.00 Å². The van der Waals surface area contributed by atoms with E-state index >= 15 is 0 Å². The number of carbonyl (C=O) groups excluding carboxylic acids is 2. The highest BCUT2D eigenvalue weighted by Crippen LogP contribution is 2.32. The van der Waals surface area contributed by atoms with Gasteiger partial charge in [-0.3, -0.25) is 20.4 Å². The smallest absolute Gasteiger partial charge is 0.279 e. The molecule has 1 unspecified atom stereocenters. The number of nitrogens with one attached hydrogen (secondary N) is 2. The van der Waals surface area contributed by atoms with Gasteiger partial charge in [0, 0.05) is 4.47 Å². The minimum Gasteiger partial charge on any atom is -0.481 e. The van der Waals surface area contributed by atoms with Gasteiger partial charge in [0.1, 0.15) is 5.75 Å². The van der Waals surface area contributed by atoms with E-state index in [1.54, 1.807) is 37.3 Å². The van der Waals surface area contributed by atoms with Crippen LogP contribution in [-0.2, 0) is 4.79 Å². The molecule has 0 saturated heterocycles. The Labute approximate surface area is 159 Å². The van der Waals surface area contributed by atoms with Crippen molar-refractivity contribution >= 4 is 55.0 Å². The first-order valence-electron chi connectivity index (χ1n) is 6.62. The van der Waals surface area contributed by atoms with Crippen molar-refractivity contribution in [2.24, 2.45) is 0 Å². The van der Waals surface area contributed by atoms with Crippen LogP contribution in [-0.4, -0.2) is 17.9 Å². The van der Waals surface area contributed by atoms with E-state index in [-0.39, 0.29) is 0 Å². The van der Waals surface area contributed by atoms with Gasteiger partial charge in [0.25, 0.3) is 11.8 Å². The van der Waals surface area contributed by atoms with E-state index in [1.807, 2.05) is 6.07 Å². The summed E-state index contributed by atoms with van der Waals surface area (Å²) in [6.07, 6.45) is -0.819. The van der Waals surface area contributed by atoms with Crippen LogP contribution in [0.4, 0.5) is 0 Å². The van der Waals surface area contributed by atoms with Crippen molar-refractivity contribution in [1.29, 1.82) is 5.26 Å². The Hall–Kier alpha value is -1.89. The lowest BCUT2D eigenvalue weighted by Crippen LogP contribution is -2.47. The number of halogens is 2. The Morgan fingerprint density at radius 1 is 1.25 bits per heavy atom. The summed E-state index contributed by atoms with van der Waals surface area (Å²) in [4.78, 5) is 24.3. The molecule has 0 fully saturated rings. The SMILES string of the molecule is CC(Oc1ccc(C#N)cc1)C(=O)NNC(=O)c1cc(Br)c(Br)s1. The van der Waals surface area contributed by atoms with Gasteiger partial charge in [0.05, 0.1) is 20.3 Å². The zero-order valence-electron chi connectivity index (χ0n) is 12.3. The molecule has 2 amide bonds. The van der Waals surface area contributed by atoms with Gasteiger partial charge in [-0.25, -0.2) is 0 Å². The minimum atomic E-state index is -0.819. The van der Waals surface area contributed by atoms with Crippen LogP contribution in [0.5, 0.6) is 5.75 Å². The Morgan fingerprint density at radius 2 is 1.92 bits per heavy atom. The van der Waals surface area contributed by atoms with Gasteiger partial charge >= 0.3 is 0 Å². The lowest BCUT2D eigenvalue weighted by Gasteiger charge is -2.14. The van der Waals surface area contributed by atoms with Crippen molar-refractivity contribution in [2.45, 2.75) is 13.0 Å². The van der Waals surface area contributed by atoms with E-state index in [9.17, 15) is 9.59 Å². The number of thiophene rings is 1. The predicted octanol–water partition coefficient (Wildman–Crippen LogP) is 3.37. The fraction of sp³-hybridized carbons (Fsp3) is 0.133. The second-order valence-corrected chi connectivity index (χ2v) is 7.80. The molecule has 0 saturated carbocycles. The molecule has 124 valence electrons. The molecule has 0 aliphatic heterocycles. The Bertz CT molecular complexity index is 780. The molecule has 2 rings (SSSR count). The number of hydrogen-bond acceptors (Lipinski definition) is 5. The van der Waals surface area contributed by atoms with Gasteiger partial charge in [-0.1, -0.05) is 0 Å². The lowest BCUT2D eigenvalue weighted by atomic mass is 10.2. The number of hydrogen-bond donors (Lipinski definition) is 2. The summed E-state index contributed by atoms with van der Waals surface area (Å²) in [6.45, 7) is 1.55.